The number of rotatable bonds is 5. The highest BCUT2D eigenvalue weighted by atomic mass is 35.5. The van der Waals surface area contributed by atoms with E-state index in [1.54, 1.807) is 12.1 Å². The van der Waals surface area contributed by atoms with Crippen molar-refractivity contribution >= 4 is 46.8 Å². The molecule has 0 spiro atoms. The van der Waals surface area contributed by atoms with Crippen LogP contribution in [0.4, 0.5) is 4.39 Å². The second-order valence-electron chi connectivity index (χ2n) is 9.65. The molecule has 9 heteroatoms. The first-order valence-corrected chi connectivity index (χ1v) is 13.5. The average Bonchev–Trinajstić information content (AvgIpc) is 3.62. The Hall–Kier alpha value is -1.80. The Balaban J connectivity index is 0.000000344. The minimum Gasteiger partial charge on any atom is -0.481 e. The minimum atomic E-state index is -0.833. The number of carboxylic acid groups (broad SMARTS) is 1. The molecular weight excluding hydrogens is 524 g/mol. The van der Waals surface area contributed by atoms with Gasteiger partial charge in [-0.05, 0) is 48.6 Å². The summed E-state index contributed by atoms with van der Waals surface area (Å²) in [6.45, 7) is 8.16. The van der Waals surface area contributed by atoms with Crippen molar-refractivity contribution in [1.82, 2.24) is 4.90 Å². The molecule has 1 aliphatic carbocycles. The highest BCUT2D eigenvalue weighted by Gasteiger charge is 2.43. The molecule has 2 unspecified atom stereocenters. The molecule has 2 fully saturated rings. The molecule has 1 saturated carbocycles. The van der Waals surface area contributed by atoms with Gasteiger partial charge < -0.3 is 14.7 Å². The van der Waals surface area contributed by atoms with E-state index >= 15 is 0 Å². The van der Waals surface area contributed by atoms with Crippen LogP contribution in [0.15, 0.2) is 48.5 Å². The maximum atomic E-state index is 14.0. The highest BCUT2D eigenvalue weighted by Crippen LogP contribution is 2.42. The number of halogens is 3. The molecule has 36 heavy (non-hydrogen) atoms. The topological polar surface area (TPSA) is 66.8 Å². The number of hydrogen-bond acceptors (Lipinski definition) is 4. The fraction of sp³-hybridized carbons (Fsp3) is 0.481. The second-order valence-corrected chi connectivity index (χ2v) is 12.3. The number of benzene rings is 2. The molecule has 1 saturated heterocycles. The SMILES string of the molecule is CC(=O)O.CC(C)(C)SCC(C1CC1)N1C(=O)COCC1c1ccc(Cl)c(F)c1.Clc1ccccc1. The summed E-state index contributed by atoms with van der Waals surface area (Å²) in [7, 11) is 0. The van der Waals surface area contributed by atoms with Crippen molar-refractivity contribution in [3.8, 4) is 0 Å². The molecule has 0 radical (unpaired) electrons. The zero-order valence-electron chi connectivity index (χ0n) is 21.0. The number of thioether (sulfide) groups is 1. The van der Waals surface area contributed by atoms with E-state index in [9.17, 15) is 9.18 Å². The molecule has 1 amide bonds. The van der Waals surface area contributed by atoms with Crippen molar-refractivity contribution < 1.29 is 23.8 Å². The summed E-state index contributed by atoms with van der Waals surface area (Å²) in [4.78, 5) is 23.7. The predicted molar refractivity (Wildman–Crippen MR) is 145 cm³/mol. The van der Waals surface area contributed by atoms with E-state index in [4.69, 9.17) is 37.8 Å². The summed E-state index contributed by atoms with van der Waals surface area (Å²) < 4.78 is 19.6. The molecule has 1 aliphatic heterocycles. The van der Waals surface area contributed by atoms with Crippen LogP contribution in [0.5, 0.6) is 0 Å². The van der Waals surface area contributed by atoms with E-state index in [2.05, 4.69) is 20.8 Å². The van der Waals surface area contributed by atoms with E-state index in [1.165, 1.54) is 6.07 Å². The summed E-state index contributed by atoms with van der Waals surface area (Å²) in [6.07, 6.45) is 2.31. The Morgan fingerprint density at radius 2 is 1.81 bits per heavy atom. The van der Waals surface area contributed by atoms with Gasteiger partial charge in [0, 0.05) is 28.5 Å². The number of carbonyl (C=O) groups is 2. The fourth-order valence-corrected chi connectivity index (χ4v) is 5.02. The van der Waals surface area contributed by atoms with Crippen molar-refractivity contribution in [2.24, 2.45) is 5.92 Å². The van der Waals surface area contributed by atoms with Crippen LogP contribution in [0, 0.1) is 11.7 Å². The summed E-state index contributed by atoms with van der Waals surface area (Å²) in [5.41, 5.74) is 0.751. The number of ether oxygens (including phenoxy) is 1. The first-order valence-electron chi connectivity index (χ1n) is 11.8. The largest absolute Gasteiger partial charge is 0.481 e. The van der Waals surface area contributed by atoms with Gasteiger partial charge in [-0.15, -0.1) is 0 Å². The maximum absolute atomic E-state index is 14.0. The van der Waals surface area contributed by atoms with Gasteiger partial charge in [0.15, 0.2) is 0 Å². The molecule has 4 rings (SSSR count). The van der Waals surface area contributed by atoms with Crippen LogP contribution in [0.25, 0.3) is 0 Å². The Morgan fingerprint density at radius 1 is 1.19 bits per heavy atom. The third-order valence-corrected chi connectivity index (χ3v) is 7.33. The molecule has 198 valence electrons. The number of aliphatic carboxylic acids is 1. The van der Waals surface area contributed by atoms with Gasteiger partial charge in [-0.1, -0.05) is 68.2 Å². The van der Waals surface area contributed by atoms with Gasteiger partial charge >= 0.3 is 0 Å². The van der Waals surface area contributed by atoms with Crippen LogP contribution < -0.4 is 0 Å². The molecule has 2 aromatic carbocycles. The lowest BCUT2D eigenvalue weighted by atomic mass is 10.0. The molecule has 5 nitrogen and oxygen atoms in total. The van der Waals surface area contributed by atoms with Crippen molar-refractivity contribution in [1.29, 1.82) is 0 Å². The van der Waals surface area contributed by atoms with Gasteiger partial charge in [-0.2, -0.15) is 11.8 Å². The smallest absolute Gasteiger partial charge is 0.300 e. The normalized spacial score (nSPS) is 18.4. The summed E-state index contributed by atoms with van der Waals surface area (Å²) >= 11 is 13.2. The Bertz CT molecular complexity index is 995. The molecular formula is C27H34Cl2FNO4S. The predicted octanol–water partition coefficient (Wildman–Crippen LogP) is 7.12. The van der Waals surface area contributed by atoms with Crippen molar-refractivity contribution in [3.05, 3.63) is 70.0 Å². The van der Waals surface area contributed by atoms with Crippen LogP contribution in [0.2, 0.25) is 10.0 Å². The van der Waals surface area contributed by atoms with Gasteiger partial charge in [0.25, 0.3) is 5.97 Å². The van der Waals surface area contributed by atoms with Crippen LogP contribution in [0.3, 0.4) is 0 Å². The van der Waals surface area contributed by atoms with Crippen LogP contribution in [0.1, 0.15) is 52.1 Å². The third kappa shape index (κ3) is 10.7. The average molecular weight is 559 g/mol. The first kappa shape index (κ1) is 30.4. The fourth-order valence-electron chi connectivity index (χ4n) is 3.65. The summed E-state index contributed by atoms with van der Waals surface area (Å²) in [5.74, 6) is 0.144. The van der Waals surface area contributed by atoms with Crippen LogP contribution in [-0.2, 0) is 14.3 Å². The van der Waals surface area contributed by atoms with E-state index in [1.807, 2.05) is 47.0 Å². The summed E-state index contributed by atoms with van der Waals surface area (Å²) in [5, 5.41) is 8.31. The Kier molecular flexibility index (Phi) is 12.0. The third-order valence-electron chi connectivity index (χ3n) is 5.40. The van der Waals surface area contributed by atoms with E-state index in [0.717, 1.165) is 36.1 Å². The molecule has 0 aromatic heterocycles. The van der Waals surface area contributed by atoms with E-state index in [-0.39, 0.29) is 34.4 Å². The van der Waals surface area contributed by atoms with Crippen molar-refractivity contribution in [3.63, 3.8) is 0 Å². The lowest BCUT2D eigenvalue weighted by molar-refractivity contribution is -0.152. The molecule has 1 heterocycles. The lowest BCUT2D eigenvalue weighted by Crippen LogP contribution is -2.51. The minimum absolute atomic E-state index is 0.00184. The number of amides is 1. The quantitative estimate of drug-likeness (QED) is 0.423. The molecule has 2 atom stereocenters. The zero-order chi connectivity index (χ0) is 26.9. The molecule has 2 aliphatic rings. The van der Waals surface area contributed by atoms with Crippen molar-refractivity contribution in [2.75, 3.05) is 19.0 Å². The lowest BCUT2D eigenvalue weighted by Gasteiger charge is -2.42. The molecule has 0 bridgehead atoms. The van der Waals surface area contributed by atoms with Crippen molar-refractivity contribution in [2.45, 2.75) is 57.4 Å². The number of carbonyl (C=O) groups excluding carboxylic acids is 1. The van der Waals surface area contributed by atoms with Gasteiger partial charge in [-0.25, -0.2) is 4.39 Å². The molecule has 1 N–H and O–H groups in total. The number of carboxylic acids is 1. The van der Waals surface area contributed by atoms with Gasteiger partial charge in [0.05, 0.1) is 17.7 Å². The highest BCUT2D eigenvalue weighted by molar-refractivity contribution is 8.00. The number of nitrogens with zero attached hydrogens (tertiary/aromatic N) is 1. The van der Waals surface area contributed by atoms with Gasteiger partial charge in [0.2, 0.25) is 5.91 Å². The standard InChI is InChI=1S/C19H25ClFNO2S.C6H5Cl.C2H4O2/c1-19(2,3)25-11-17(12-4-5-12)22-16(9-24-10-18(22)23)13-6-7-14(20)15(21)8-13;7-6-4-2-1-3-5-6;1-2(3)4/h6-8,12,16-17H,4-5,9-11H2,1-3H3;1-5H;1H3,(H,3,4). The number of morpholine rings is 1. The zero-order valence-corrected chi connectivity index (χ0v) is 23.4. The Labute approximate surface area is 227 Å². The van der Waals surface area contributed by atoms with E-state index < -0.39 is 11.8 Å². The summed E-state index contributed by atoms with van der Waals surface area (Å²) in [6, 6.07) is 14.2. The second kappa shape index (κ2) is 14.2. The van der Waals surface area contributed by atoms with Crippen LogP contribution >= 0.6 is 35.0 Å². The van der Waals surface area contributed by atoms with Gasteiger partial charge in [-0.3, -0.25) is 9.59 Å². The molecule has 2 aromatic rings. The van der Waals surface area contributed by atoms with E-state index in [0.29, 0.717) is 12.5 Å². The number of hydrogen-bond donors (Lipinski definition) is 1. The monoisotopic (exact) mass is 557 g/mol. The van der Waals surface area contributed by atoms with Gasteiger partial charge in [0.1, 0.15) is 12.4 Å². The first-order chi connectivity index (χ1) is 16.9. The Morgan fingerprint density at radius 3 is 2.28 bits per heavy atom. The maximum Gasteiger partial charge on any atom is 0.300 e. The van der Waals surface area contributed by atoms with Crippen LogP contribution in [-0.4, -0.2) is 51.6 Å².